The standard InChI is InChI=1S/C14H18OSi/c1-16-8-4-5-12(15)9-11(10-16)13-6-2-3-7-14(13)16/h2-3,6-7,11H,4-5,8-10H2,1H3/t11-,16+/m1/s1. The molecule has 0 saturated carbocycles. The summed E-state index contributed by atoms with van der Waals surface area (Å²) in [7, 11) is -1.22. The van der Waals surface area contributed by atoms with Gasteiger partial charge in [-0.05, 0) is 23.9 Å². The predicted molar refractivity (Wildman–Crippen MR) is 68.9 cm³/mol. The van der Waals surface area contributed by atoms with Gasteiger partial charge < -0.3 is 0 Å². The number of hydrogen-bond acceptors (Lipinski definition) is 1. The Morgan fingerprint density at radius 2 is 2.12 bits per heavy atom. The van der Waals surface area contributed by atoms with Crippen LogP contribution in [0.25, 0.3) is 0 Å². The fourth-order valence-electron chi connectivity index (χ4n) is 3.64. The van der Waals surface area contributed by atoms with Gasteiger partial charge in [0.1, 0.15) is 5.78 Å². The third-order valence-electron chi connectivity index (χ3n) is 4.41. The first-order valence-corrected chi connectivity index (χ1v) is 9.22. The molecule has 0 unspecified atom stereocenters. The number of carbonyl (C=O) groups is 1. The normalized spacial score (nSPS) is 33.1. The molecule has 0 aromatic heterocycles. The van der Waals surface area contributed by atoms with Gasteiger partial charge in [-0.2, -0.15) is 0 Å². The molecule has 1 nitrogen and oxygen atoms in total. The number of hydrogen-bond donors (Lipinski definition) is 0. The first-order valence-electron chi connectivity index (χ1n) is 6.30. The van der Waals surface area contributed by atoms with Crippen molar-refractivity contribution in [2.75, 3.05) is 0 Å². The molecule has 3 rings (SSSR count). The van der Waals surface area contributed by atoms with Crippen molar-refractivity contribution >= 4 is 19.0 Å². The first kappa shape index (κ1) is 10.3. The predicted octanol–water partition coefficient (Wildman–Crippen LogP) is 2.82. The summed E-state index contributed by atoms with van der Waals surface area (Å²) in [4.78, 5) is 11.8. The van der Waals surface area contributed by atoms with Crippen molar-refractivity contribution in [3.63, 3.8) is 0 Å². The van der Waals surface area contributed by atoms with Gasteiger partial charge in [-0.15, -0.1) is 0 Å². The molecule has 1 aromatic carbocycles. The van der Waals surface area contributed by atoms with Crippen LogP contribution in [-0.2, 0) is 4.79 Å². The molecule has 2 heteroatoms. The second-order valence-corrected chi connectivity index (χ2v) is 10.2. The minimum Gasteiger partial charge on any atom is -0.300 e. The second-order valence-electron chi connectivity index (χ2n) is 5.65. The van der Waals surface area contributed by atoms with Crippen LogP contribution in [0.4, 0.5) is 0 Å². The Morgan fingerprint density at radius 1 is 1.31 bits per heavy atom. The van der Waals surface area contributed by atoms with E-state index in [0.29, 0.717) is 11.7 Å². The minimum atomic E-state index is -1.22. The van der Waals surface area contributed by atoms with E-state index in [2.05, 4.69) is 30.8 Å². The summed E-state index contributed by atoms with van der Waals surface area (Å²) in [6, 6.07) is 11.5. The van der Waals surface area contributed by atoms with Gasteiger partial charge in [0, 0.05) is 12.8 Å². The average Bonchev–Trinajstić information content (AvgIpc) is 2.53. The molecule has 0 radical (unpaired) electrons. The third-order valence-corrected chi connectivity index (χ3v) is 9.01. The summed E-state index contributed by atoms with van der Waals surface area (Å²) in [5.74, 6) is 1.04. The summed E-state index contributed by atoms with van der Waals surface area (Å²) >= 11 is 0. The van der Waals surface area contributed by atoms with Gasteiger partial charge in [0.05, 0.1) is 8.07 Å². The molecule has 1 aromatic rings. The lowest BCUT2D eigenvalue weighted by Crippen LogP contribution is -2.41. The van der Waals surface area contributed by atoms with Gasteiger partial charge in [0.2, 0.25) is 0 Å². The SMILES string of the molecule is C[Si@]12CCCC(=O)C[C@H](C1)c1ccccc12. The third kappa shape index (κ3) is 1.47. The Bertz CT molecular complexity index is 440. The zero-order valence-corrected chi connectivity index (χ0v) is 10.8. The van der Waals surface area contributed by atoms with Crippen LogP contribution < -0.4 is 5.19 Å². The highest BCUT2D eigenvalue weighted by molar-refractivity contribution is 6.92. The maximum absolute atomic E-state index is 11.8. The van der Waals surface area contributed by atoms with Gasteiger partial charge in [-0.3, -0.25) is 4.79 Å². The van der Waals surface area contributed by atoms with Crippen LogP contribution in [-0.4, -0.2) is 13.9 Å². The van der Waals surface area contributed by atoms with Gasteiger partial charge >= 0.3 is 0 Å². The summed E-state index contributed by atoms with van der Waals surface area (Å²) in [5.41, 5.74) is 1.51. The van der Waals surface area contributed by atoms with Crippen LogP contribution in [0.15, 0.2) is 24.3 Å². The van der Waals surface area contributed by atoms with Crippen molar-refractivity contribution in [2.24, 2.45) is 0 Å². The maximum atomic E-state index is 11.8. The van der Waals surface area contributed by atoms with E-state index in [1.54, 1.807) is 5.19 Å². The van der Waals surface area contributed by atoms with Crippen molar-refractivity contribution in [1.29, 1.82) is 0 Å². The van der Waals surface area contributed by atoms with Crippen LogP contribution in [0, 0.1) is 0 Å². The quantitative estimate of drug-likeness (QED) is 0.626. The minimum absolute atomic E-state index is 0.484. The first-order chi connectivity index (χ1) is 7.69. The molecule has 0 amide bonds. The Morgan fingerprint density at radius 3 is 3.00 bits per heavy atom. The van der Waals surface area contributed by atoms with Gasteiger partial charge in [0.25, 0.3) is 0 Å². The fraction of sp³-hybridized carbons (Fsp3) is 0.500. The Labute approximate surface area is 97.9 Å². The summed E-state index contributed by atoms with van der Waals surface area (Å²) in [5, 5.41) is 1.65. The molecule has 2 bridgehead atoms. The highest BCUT2D eigenvalue weighted by atomic mass is 28.3. The van der Waals surface area contributed by atoms with Crippen molar-refractivity contribution in [3.8, 4) is 0 Å². The van der Waals surface area contributed by atoms with Crippen molar-refractivity contribution in [1.82, 2.24) is 0 Å². The number of ketones is 1. The summed E-state index contributed by atoms with van der Waals surface area (Å²) in [6.45, 7) is 2.52. The van der Waals surface area contributed by atoms with Crippen molar-refractivity contribution < 1.29 is 4.79 Å². The summed E-state index contributed by atoms with van der Waals surface area (Å²) < 4.78 is 0. The van der Waals surface area contributed by atoms with E-state index in [0.717, 1.165) is 19.3 Å². The number of benzene rings is 1. The zero-order valence-electron chi connectivity index (χ0n) is 9.83. The van der Waals surface area contributed by atoms with Gasteiger partial charge in [-0.1, -0.05) is 42.0 Å². The molecule has 0 spiro atoms. The molecule has 84 valence electrons. The lowest BCUT2D eigenvalue weighted by molar-refractivity contribution is -0.119. The summed E-state index contributed by atoms with van der Waals surface area (Å²) in [6.07, 6.45) is 2.76. The fourth-order valence-corrected chi connectivity index (χ4v) is 8.22. The van der Waals surface area contributed by atoms with E-state index in [9.17, 15) is 4.79 Å². The van der Waals surface area contributed by atoms with E-state index in [1.165, 1.54) is 17.7 Å². The van der Waals surface area contributed by atoms with Crippen molar-refractivity contribution in [2.45, 2.75) is 43.8 Å². The van der Waals surface area contributed by atoms with E-state index < -0.39 is 8.07 Å². The van der Waals surface area contributed by atoms with Crippen LogP contribution >= 0.6 is 0 Å². The van der Waals surface area contributed by atoms with E-state index in [4.69, 9.17) is 0 Å². The largest absolute Gasteiger partial charge is 0.300 e. The molecule has 1 saturated heterocycles. The second kappa shape index (κ2) is 3.56. The highest BCUT2D eigenvalue weighted by Gasteiger charge is 2.42. The van der Waals surface area contributed by atoms with Crippen LogP contribution in [0.3, 0.4) is 0 Å². The van der Waals surface area contributed by atoms with E-state index >= 15 is 0 Å². The lowest BCUT2D eigenvalue weighted by atomic mass is 9.94. The van der Waals surface area contributed by atoms with E-state index in [1.807, 2.05) is 0 Å². The molecule has 2 heterocycles. The molecular weight excluding hydrogens is 212 g/mol. The smallest absolute Gasteiger partial charge is 0.133 e. The molecule has 0 aliphatic carbocycles. The molecule has 2 atom stereocenters. The molecule has 16 heavy (non-hydrogen) atoms. The Kier molecular flexibility index (Phi) is 2.28. The molecule has 1 fully saturated rings. The van der Waals surface area contributed by atoms with Crippen LogP contribution in [0.1, 0.15) is 30.7 Å². The number of Topliss-reactive ketones (excluding diaryl/α,β-unsaturated/α-hetero) is 1. The molecule has 2 aliphatic rings. The monoisotopic (exact) mass is 230 g/mol. The molecule has 0 N–H and O–H groups in total. The molecular formula is C14H18OSi. The van der Waals surface area contributed by atoms with Crippen molar-refractivity contribution in [3.05, 3.63) is 29.8 Å². The van der Waals surface area contributed by atoms with Crippen LogP contribution in [0.2, 0.25) is 18.6 Å². The van der Waals surface area contributed by atoms with Crippen LogP contribution in [0.5, 0.6) is 0 Å². The topological polar surface area (TPSA) is 17.1 Å². The number of fused-ring (bicyclic) bond motifs is 5. The maximum Gasteiger partial charge on any atom is 0.133 e. The zero-order chi connectivity index (χ0) is 11.2. The average molecular weight is 230 g/mol. The molecule has 2 aliphatic heterocycles. The number of carbonyl (C=O) groups excluding carboxylic acids is 1. The lowest BCUT2D eigenvalue weighted by Gasteiger charge is -2.25. The van der Waals surface area contributed by atoms with E-state index in [-0.39, 0.29) is 0 Å². The number of rotatable bonds is 0. The highest BCUT2D eigenvalue weighted by Crippen LogP contribution is 2.41. The van der Waals surface area contributed by atoms with Gasteiger partial charge in [0.15, 0.2) is 0 Å². The Balaban J connectivity index is 2.09. The Hall–Kier alpha value is -0.893. The van der Waals surface area contributed by atoms with Gasteiger partial charge in [-0.25, -0.2) is 0 Å².